The third kappa shape index (κ3) is 15.4. The second-order valence-electron chi connectivity index (χ2n) is 5.48. The van der Waals surface area contributed by atoms with Crippen LogP contribution in [0.1, 0.15) is 18.4 Å². The highest BCUT2D eigenvalue weighted by atomic mass is 32.3. The van der Waals surface area contributed by atoms with Crippen molar-refractivity contribution in [2.45, 2.75) is 31.3 Å². The number of guanidine groups is 1. The second kappa shape index (κ2) is 12.8. The molecule has 0 aliphatic rings. The van der Waals surface area contributed by atoms with Crippen molar-refractivity contribution >= 4 is 28.6 Å². The molecule has 0 fully saturated rings. The lowest BCUT2D eigenvalue weighted by Crippen LogP contribution is -2.47. The molecule has 0 heterocycles. The fourth-order valence-electron chi connectivity index (χ4n) is 1.97. The van der Waals surface area contributed by atoms with E-state index < -0.39 is 22.5 Å². The van der Waals surface area contributed by atoms with Gasteiger partial charge in [0.05, 0.1) is 12.1 Å². The first-order valence-corrected chi connectivity index (χ1v) is 9.25. The maximum absolute atomic E-state index is 12.0. The number of amides is 1. The standard InChI is InChI=1S/C15H23N5O2.H2O4S/c16-13(9-11-5-2-1-3-6-11)14(22)20-12(10-21)7-4-8-19-15(17)18;1-5(2,3)4/h1-3,5-6,10,12-13H,4,7-9,16H2,(H,20,22)(H4,17,18,19);(H2,1,2,3,4)/t12-,13+;/m0./s1. The van der Waals surface area contributed by atoms with Gasteiger partial charge in [-0.2, -0.15) is 8.42 Å². The van der Waals surface area contributed by atoms with Gasteiger partial charge in [-0.25, -0.2) is 0 Å². The van der Waals surface area contributed by atoms with Gasteiger partial charge in [-0.05, 0) is 24.8 Å². The second-order valence-corrected chi connectivity index (χ2v) is 6.37. The molecule has 12 heteroatoms. The zero-order valence-electron chi connectivity index (χ0n) is 14.5. The smallest absolute Gasteiger partial charge is 0.370 e. The highest BCUT2D eigenvalue weighted by Gasteiger charge is 2.17. The summed E-state index contributed by atoms with van der Waals surface area (Å²) in [6.45, 7) is 0.478. The van der Waals surface area contributed by atoms with Crippen LogP contribution in [0.25, 0.3) is 0 Å². The molecule has 0 saturated carbocycles. The summed E-state index contributed by atoms with van der Waals surface area (Å²) in [5.74, 6) is -0.461. The van der Waals surface area contributed by atoms with Crippen LogP contribution in [0.4, 0.5) is 0 Å². The average molecular weight is 403 g/mol. The summed E-state index contributed by atoms with van der Waals surface area (Å²) < 4.78 is 31.6. The number of hydrogen-bond donors (Lipinski definition) is 7. The first-order valence-electron chi connectivity index (χ1n) is 7.86. The Morgan fingerprint density at radius 2 is 1.81 bits per heavy atom. The van der Waals surface area contributed by atoms with Gasteiger partial charge in [-0.1, -0.05) is 30.3 Å². The molecule has 0 radical (unpaired) electrons. The molecule has 152 valence electrons. The van der Waals surface area contributed by atoms with E-state index in [9.17, 15) is 9.59 Å². The third-order valence-electron chi connectivity index (χ3n) is 3.13. The van der Waals surface area contributed by atoms with Gasteiger partial charge in [-0.15, -0.1) is 0 Å². The molecule has 2 atom stereocenters. The van der Waals surface area contributed by atoms with E-state index in [1.54, 1.807) is 0 Å². The molecule has 27 heavy (non-hydrogen) atoms. The van der Waals surface area contributed by atoms with Crippen LogP contribution < -0.4 is 22.1 Å². The van der Waals surface area contributed by atoms with Gasteiger partial charge >= 0.3 is 10.4 Å². The molecule has 1 aromatic carbocycles. The summed E-state index contributed by atoms with van der Waals surface area (Å²) in [6, 6.07) is 8.19. The zero-order chi connectivity index (χ0) is 20.9. The first kappa shape index (κ1) is 24.5. The van der Waals surface area contributed by atoms with Gasteiger partial charge in [0, 0.05) is 6.54 Å². The molecule has 0 aliphatic heterocycles. The highest BCUT2D eigenvalue weighted by Crippen LogP contribution is 2.02. The van der Waals surface area contributed by atoms with Gasteiger partial charge in [-0.3, -0.25) is 19.3 Å². The van der Waals surface area contributed by atoms with Crippen LogP contribution in [0.15, 0.2) is 30.3 Å². The van der Waals surface area contributed by atoms with E-state index in [0.29, 0.717) is 32.1 Å². The Hall–Kier alpha value is -2.54. The summed E-state index contributed by atoms with van der Waals surface area (Å²) in [5.41, 5.74) is 12.0. The van der Waals surface area contributed by atoms with E-state index in [1.807, 2.05) is 30.3 Å². The Balaban J connectivity index is 0.00000119. The lowest BCUT2D eigenvalue weighted by atomic mass is 10.1. The number of carbonyl (C=O) groups is 2. The van der Waals surface area contributed by atoms with Gasteiger partial charge in [0.1, 0.15) is 6.29 Å². The topological polar surface area (TPSA) is 209 Å². The SMILES string of the molecule is N=C(N)NCCC[C@@H](C=O)NC(=O)[C@H](N)Cc1ccccc1.O=S(=O)(O)O. The van der Waals surface area contributed by atoms with Crippen LogP contribution in [0.2, 0.25) is 0 Å². The van der Waals surface area contributed by atoms with Crippen molar-refractivity contribution in [3.05, 3.63) is 35.9 Å². The van der Waals surface area contributed by atoms with E-state index in [1.165, 1.54) is 0 Å². The third-order valence-corrected chi connectivity index (χ3v) is 3.13. The Labute approximate surface area is 157 Å². The maximum atomic E-state index is 12.0. The zero-order valence-corrected chi connectivity index (χ0v) is 15.4. The molecule has 1 amide bonds. The molecule has 0 saturated heterocycles. The molecule has 9 N–H and O–H groups in total. The molecular weight excluding hydrogens is 378 g/mol. The Morgan fingerprint density at radius 1 is 1.26 bits per heavy atom. The molecule has 0 aliphatic carbocycles. The largest absolute Gasteiger partial charge is 0.394 e. The fraction of sp³-hybridized carbons (Fsp3) is 0.400. The Morgan fingerprint density at radius 3 is 2.30 bits per heavy atom. The van der Waals surface area contributed by atoms with Gasteiger partial charge < -0.3 is 26.9 Å². The number of rotatable bonds is 9. The minimum atomic E-state index is -4.67. The van der Waals surface area contributed by atoms with Crippen LogP contribution >= 0.6 is 0 Å². The quantitative estimate of drug-likeness (QED) is 0.0871. The van der Waals surface area contributed by atoms with E-state index in [-0.39, 0.29) is 11.9 Å². The number of nitrogens with one attached hydrogen (secondary N) is 3. The molecule has 0 spiro atoms. The summed E-state index contributed by atoms with van der Waals surface area (Å²) in [6.07, 6.45) is 2.19. The monoisotopic (exact) mass is 403 g/mol. The van der Waals surface area contributed by atoms with Crippen molar-refractivity contribution in [1.29, 1.82) is 5.41 Å². The van der Waals surface area contributed by atoms with Crippen LogP contribution in [-0.4, -0.2) is 54.3 Å². The van der Waals surface area contributed by atoms with Gasteiger partial charge in [0.25, 0.3) is 0 Å². The average Bonchev–Trinajstić information content (AvgIpc) is 2.56. The number of aldehydes is 1. The number of hydrogen-bond acceptors (Lipinski definition) is 6. The molecule has 1 aromatic rings. The Bertz CT molecular complexity index is 690. The molecule has 11 nitrogen and oxygen atoms in total. The molecular formula is C15H25N5O6S. The van der Waals surface area contributed by atoms with Crippen molar-refractivity contribution in [1.82, 2.24) is 10.6 Å². The van der Waals surface area contributed by atoms with Crippen molar-refractivity contribution < 1.29 is 27.1 Å². The molecule has 1 rings (SSSR count). The lowest BCUT2D eigenvalue weighted by molar-refractivity contribution is -0.125. The number of benzene rings is 1. The van der Waals surface area contributed by atoms with Crippen LogP contribution in [-0.2, 0) is 26.4 Å². The van der Waals surface area contributed by atoms with Crippen molar-refractivity contribution in [3.8, 4) is 0 Å². The Kier molecular flexibility index (Phi) is 11.6. The normalized spacial score (nSPS) is 12.7. The van der Waals surface area contributed by atoms with Crippen LogP contribution in [0.3, 0.4) is 0 Å². The maximum Gasteiger partial charge on any atom is 0.394 e. The van der Waals surface area contributed by atoms with Gasteiger partial charge in [0.2, 0.25) is 5.91 Å². The van der Waals surface area contributed by atoms with Crippen LogP contribution in [0.5, 0.6) is 0 Å². The summed E-state index contributed by atoms with van der Waals surface area (Å²) >= 11 is 0. The highest BCUT2D eigenvalue weighted by molar-refractivity contribution is 7.79. The minimum Gasteiger partial charge on any atom is -0.370 e. The lowest BCUT2D eigenvalue weighted by Gasteiger charge is -2.17. The predicted molar refractivity (Wildman–Crippen MR) is 99.4 cm³/mol. The first-order chi connectivity index (χ1) is 12.5. The van der Waals surface area contributed by atoms with E-state index >= 15 is 0 Å². The molecule has 0 bridgehead atoms. The number of carbonyl (C=O) groups excluding carboxylic acids is 2. The van der Waals surface area contributed by atoms with Crippen molar-refractivity contribution in [2.24, 2.45) is 11.5 Å². The fourth-order valence-corrected chi connectivity index (χ4v) is 1.97. The summed E-state index contributed by atoms with van der Waals surface area (Å²) in [5, 5.41) is 12.3. The van der Waals surface area contributed by atoms with E-state index in [2.05, 4.69) is 10.6 Å². The molecule has 0 unspecified atom stereocenters. The van der Waals surface area contributed by atoms with Gasteiger partial charge in [0.15, 0.2) is 5.96 Å². The molecule has 0 aromatic heterocycles. The van der Waals surface area contributed by atoms with Crippen molar-refractivity contribution in [3.63, 3.8) is 0 Å². The van der Waals surface area contributed by atoms with Crippen LogP contribution in [0, 0.1) is 5.41 Å². The predicted octanol–water partition coefficient (Wildman–Crippen LogP) is -1.15. The number of nitrogens with two attached hydrogens (primary N) is 2. The van der Waals surface area contributed by atoms with Crippen molar-refractivity contribution in [2.75, 3.05) is 6.54 Å². The summed E-state index contributed by atoms with van der Waals surface area (Å²) in [4.78, 5) is 23.0. The minimum absolute atomic E-state index is 0.114. The summed E-state index contributed by atoms with van der Waals surface area (Å²) in [7, 11) is -4.67. The van der Waals surface area contributed by atoms with E-state index in [0.717, 1.165) is 5.56 Å². The van der Waals surface area contributed by atoms with E-state index in [4.69, 9.17) is 34.4 Å².